The van der Waals surface area contributed by atoms with Crippen molar-refractivity contribution in [2.24, 2.45) is 0 Å². The molecule has 0 saturated carbocycles. The lowest BCUT2D eigenvalue weighted by atomic mass is 10.1. The van der Waals surface area contributed by atoms with Crippen LogP contribution in [0.5, 0.6) is 11.5 Å². The van der Waals surface area contributed by atoms with Gasteiger partial charge in [-0.1, -0.05) is 15.9 Å². The molecule has 1 N–H and O–H groups in total. The molecule has 3 rings (SSSR count). The van der Waals surface area contributed by atoms with Crippen molar-refractivity contribution in [3.8, 4) is 17.2 Å². The van der Waals surface area contributed by atoms with Crippen molar-refractivity contribution in [2.75, 3.05) is 20.8 Å². The van der Waals surface area contributed by atoms with Gasteiger partial charge in [-0.3, -0.25) is 14.9 Å². The number of carbonyl (C=O) groups is 1. The van der Waals surface area contributed by atoms with Gasteiger partial charge in [0.15, 0.2) is 11.5 Å². The maximum Gasteiger partial charge on any atom is 0.294 e. The van der Waals surface area contributed by atoms with E-state index in [0.717, 1.165) is 10.0 Å². The van der Waals surface area contributed by atoms with Crippen LogP contribution in [0.15, 0.2) is 53.5 Å². The van der Waals surface area contributed by atoms with E-state index in [-0.39, 0.29) is 11.3 Å². The minimum Gasteiger partial charge on any atom is -0.493 e. The Hall–Kier alpha value is -3.40. The van der Waals surface area contributed by atoms with Crippen LogP contribution in [0.2, 0.25) is 0 Å². The third kappa shape index (κ3) is 4.60. The fourth-order valence-corrected chi connectivity index (χ4v) is 3.45. The van der Waals surface area contributed by atoms with Gasteiger partial charge in [0.25, 0.3) is 11.6 Å². The van der Waals surface area contributed by atoms with Gasteiger partial charge >= 0.3 is 0 Å². The molecule has 2 aromatic carbocycles. The molecule has 0 spiro atoms. The summed E-state index contributed by atoms with van der Waals surface area (Å²) < 4.78 is 12.9. The summed E-state index contributed by atoms with van der Waals surface area (Å²) in [4.78, 5) is 27.3. The number of ether oxygens (including phenoxy) is 2. The molecule has 30 heavy (non-hydrogen) atoms. The Morgan fingerprint density at radius 3 is 2.60 bits per heavy atom. The van der Waals surface area contributed by atoms with E-state index in [1.807, 2.05) is 6.07 Å². The first-order valence-corrected chi connectivity index (χ1v) is 9.69. The molecule has 3 aromatic rings. The third-order valence-corrected chi connectivity index (χ3v) is 5.19. The van der Waals surface area contributed by atoms with Gasteiger partial charge in [-0.15, -0.1) is 0 Å². The average molecular weight is 475 g/mol. The summed E-state index contributed by atoms with van der Waals surface area (Å²) in [5.74, 6) is 0.794. The summed E-state index contributed by atoms with van der Waals surface area (Å²) in [5.41, 5.74) is 1.29. The van der Waals surface area contributed by atoms with E-state index in [1.165, 1.54) is 29.2 Å². The number of nitrogens with zero attached hydrogens (tertiary/aromatic N) is 3. The Morgan fingerprint density at radius 2 is 1.97 bits per heavy atom. The number of hydrogen-bond acceptors (Lipinski definition) is 6. The summed E-state index contributed by atoms with van der Waals surface area (Å²) in [6.45, 7) is 0.337. The molecule has 0 aliphatic heterocycles. The molecule has 10 heteroatoms. The molecular weight excluding hydrogens is 456 g/mol. The lowest BCUT2D eigenvalue weighted by molar-refractivity contribution is -0.384. The van der Waals surface area contributed by atoms with Crippen LogP contribution >= 0.6 is 15.9 Å². The normalized spacial score (nSPS) is 10.5. The highest BCUT2D eigenvalue weighted by molar-refractivity contribution is 9.10. The number of nitro benzene ring substituents is 1. The predicted octanol–water partition coefficient (Wildman–Crippen LogP) is 3.53. The van der Waals surface area contributed by atoms with Gasteiger partial charge in [-0.05, 0) is 36.2 Å². The standard InChI is InChI=1S/C20H19BrN4O5/c1-29-18-10-13(15(21)11-19(18)30-2)5-6-23-20(26)14-3-4-16(17(9-14)25(27)28)24-8-7-22-12-24/h3-4,7-12H,5-6H2,1-2H3,(H,23,26). The highest BCUT2D eigenvalue weighted by Gasteiger charge is 2.19. The fraction of sp³-hybridized carbons (Fsp3) is 0.200. The summed E-state index contributed by atoms with van der Waals surface area (Å²) in [6.07, 6.45) is 5.12. The maximum atomic E-state index is 12.5. The monoisotopic (exact) mass is 474 g/mol. The average Bonchev–Trinajstić information content (AvgIpc) is 3.28. The first-order chi connectivity index (χ1) is 14.4. The van der Waals surface area contributed by atoms with Crippen LogP contribution in [0.4, 0.5) is 5.69 Å². The number of nitrogens with one attached hydrogen (secondary N) is 1. The summed E-state index contributed by atoms with van der Waals surface area (Å²) in [6, 6.07) is 7.97. The molecule has 1 aromatic heterocycles. The van der Waals surface area contributed by atoms with Crippen LogP contribution in [0.25, 0.3) is 5.69 Å². The molecule has 1 heterocycles. The van der Waals surface area contributed by atoms with Crippen molar-refractivity contribution in [3.63, 3.8) is 0 Å². The lowest BCUT2D eigenvalue weighted by Crippen LogP contribution is -2.26. The Bertz CT molecular complexity index is 1070. The second kappa shape index (κ2) is 9.40. The van der Waals surface area contributed by atoms with Gasteiger partial charge in [0, 0.05) is 35.0 Å². The number of methoxy groups -OCH3 is 2. The molecule has 1 amide bonds. The van der Waals surface area contributed by atoms with Crippen molar-refractivity contribution in [1.82, 2.24) is 14.9 Å². The van der Waals surface area contributed by atoms with Crippen molar-refractivity contribution in [1.29, 1.82) is 0 Å². The molecule has 0 aliphatic rings. The van der Waals surface area contributed by atoms with Crippen LogP contribution in [-0.2, 0) is 6.42 Å². The zero-order valence-electron chi connectivity index (χ0n) is 16.3. The van der Waals surface area contributed by atoms with Crippen LogP contribution in [0.3, 0.4) is 0 Å². The third-order valence-electron chi connectivity index (χ3n) is 4.45. The Kier molecular flexibility index (Phi) is 6.68. The highest BCUT2D eigenvalue weighted by Crippen LogP contribution is 2.33. The predicted molar refractivity (Wildman–Crippen MR) is 114 cm³/mol. The molecule has 156 valence electrons. The molecule has 0 bridgehead atoms. The van der Waals surface area contributed by atoms with Gasteiger partial charge in [0.2, 0.25) is 0 Å². The highest BCUT2D eigenvalue weighted by atomic mass is 79.9. The largest absolute Gasteiger partial charge is 0.493 e. The van der Waals surface area contributed by atoms with Crippen molar-refractivity contribution in [3.05, 3.63) is 74.8 Å². The SMILES string of the molecule is COc1cc(Br)c(CCNC(=O)c2ccc(-n3ccnc3)c([N+](=O)[O-])c2)cc1OC. The first kappa shape index (κ1) is 21.3. The van der Waals surface area contributed by atoms with E-state index in [1.54, 1.807) is 32.5 Å². The summed E-state index contributed by atoms with van der Waals surface area (Å²) in [5, 5.41) is 14.2. The van der Waals surface area contributed by atoms with E-state index >= 15 is 0 Å². The topological polar surface area (TPSA) is 109 Å². The van der Waals surface area contributed by atoms with Crippen LogP contribution < -0.4 is 14.8 Å². The number of carbonyl (C=O) groups excluding carboxylic acids is 1. The van der Waals surface area contributed by atoms with Crippen LogP contribution in [0, 0.1) is 10.1 Å². The molecular formula is C20H19BrN4O5. The molecule has 0 radical (unpaired) electrons. The van der Waals surface area contributed by atoms with Gasteiger partial charge < -0.3 is 19.4 Å². The molecule has 0 atom stereocenters. The number of nitro groups is 1. The smallest absolute Gasteiger partial charge is 0.294 e. The zero-order valence-corrected chi connectivity index (χ0v) is 17.9. The minimum atomic E-state index is -0.521. The molecule has 0 unspecified atom stereocenters. The second-order valence-electron chi connectivity index (χ2n) is 6.24. The van der Waals surface area contributed by atoms with Gasteiger partial charge in [-0.25, -0.2) is 4.98 Å². The van der Waals surface area contributed by atoms with E-state index in [9.17, 15) is 14.9 Å². The number of benzene rings is 2. The molecule has 0 aliphatic carbocycles. The molecule has 9 nitrogen and oxygen atoms in total. The van der Waals surface area contributed by atoms with E-state index in [2.05, 4.69) is 26.2 Å². The van der Waals surface area contributed by atoms with Crippen LogP contribution in [0.1, 0.15) is 15.9 Å². The van der Waals surface area contributed by atoms with E-state index in [0.29, 0.717) is 30.2 Å². The number of halogens is 1. The van der Waals surface area contributed by atoms with Gasteiger partial charge in [-0.2, -0.15) is 0 Å². The quantitative estimate of drug-likeness (QED) is 0.395. The van der Waals surface area contributed by atoms with Crippen molar-refractivity contribution >= 4 is 27.5 Å². The maximum absolute atomic E-state index is 12.5. The van der Waals surface area contributed by atoms with Crippen LogP contribution in [-0.4, -0.2) is 41.1 Å². The second-order valence-corrected chi connectivity index (χ2v) is 7.09. The number of hydrogen-bond donors (Lipinski definition) is 1. The zero-order chi connectivity index (χ0) is 21.7. The van der Waals surface area contributed by atoms with Crippen molar-refractivity contribution < 1.29 is 19.2 Å². The minimum absolute atomic E-state index is 0.178. The Labute approximate surface area is 180 Å². The summed E-state index contributed by atoms with van der Waals surface area (Å²) in [7, 11) is 3.11. The van der Waals surface area contributed by atoms with E-state index < -0.39 is 10.8 Å². The number of rotatable bonds is 8. The fourth-order valence-electron chi connectivity index (χ4n) is 2.93. The first-order valence-electron chi connectivity index (χ1n) is 8.90. The Balaban J connectivity index is 1.71. The lowest BCUT2D eigenvalue weighted by Gasteiger charge is -2.12. The Morgan fingerprint density at radius 1 is 1.23 bits per heavy atom. The van der Waals surface area contributed by atoms with Gasteiger partial charge in [0.1, 0.15) is 5.69 Å². The summed E-state index contributed by atoms with van der Waals surface area (Å²) >= 11 is 3.49. The number of imidazole rings is 1. The molecule has 0 fully saturated rings. The van der Waals surface area contributed by atoms with Gasteiger partial charge in [0.05, 0.1) is 25.5 Å². The number of aromatic nitrogens is 2. The van der Waals surface area contributed by atoms with Crippen molar-refractivity contribution in [2.45, 2.75) is 6.42 Å². The van der Waals surface area contributed by atoms with E-state index in [4.69, 9.17) is 9.47 Å². The molecule has 0 saturated heterocycles. The number of amides is 1.